The zero-order valence-corrected chi connectivity index (χ0v) is 23.7. The Kier molecular flexibility index (Phi) is 21.0. The molecule has 0 aliphatic carbocycles. The molecule has 12 heteroatoms. The van der Waals surface area contributed by atoms with Crippen LogP contribution in [0.4, 0.5) is 0 Å². The fourth-order valence-corrected chi connectivity index (χ4v) is 3.03. The van der Waals surface area contributed by atoms with Crippen LogP contribution in [-0.2, 0) is 14.3 Å². The summed E-state index contributed by atoms with van der Waals surface area (Å²) in [5, 5.41) is 71.1. The summed E-state index contributed by atoms with van der Waals surface area (Å²) in [5.74, 6) is -0.942. The molecule has 8 unspecified atom stereocenters. The van der Waals surface area contributed by atoms with Crippen molar-refractivity contribution >= 4 is 5.91 Å². The zero-order chi connectivity index (χ0) is 26.5. The molecule has 1 heterocycles. The maximum absolute atomic E-state index is 12.2. The standard InChI is InChI=1S/C17H32NO10.C6H13.Sm/c1-4-17(2,3)18-15(26)13(25)12(24)14(10(23)6-19)28-16-9(22)5-8(21)11(7-20)27-16;1-3-5-6-4-2;/h4,8-14,16,19-25H,5-7H2,1-3H3,(H,18,26);1,3-6H2,2H3;/q2*-1;. The van der Waals surface area contributed by atoms with E-state index in [4.69, 9.17) is 9.47 Å². The molecule has 1 rings (SSSR count). The maximum atomic E-state index is 12.2. The second kappa shape index (κ2) is 19.5. The van der Waals surface area contributed by atoms with Gasteiger partial charge in [-0.15, -0.1) is 0 Å². The van der Waals surface area contributed by atoms with Crippen LogP contribution in [0, 0.1) is 53.7 Å². The molecule has 0 spiro atoms. The Hall–Kier alpha value is 0.448. The van der Waals surface area contributed by atoms with Gasteiger partial charge in [0.2, 0.25) is 5.91 Å². The molecule has 1 saturated heterocycles. The summed E-state index contributed by atoms with van der Waals surface area (Å²) in [6, 6.07) is 0. The number of nitrogens with one attached hydrogen (secondary N) is 1. The first-order chi connectivity index (χ1) is 15.9. The summed E-state index contributed by atoms with van der Waals surface area (Å²) in [5.41, 5.74) is -0.781. The number of amides is 1. The zero-order valence-electron chi connectivity index (χ0n) is 21.1. The number of hydrogen-bond donors (Lipinski definition) is 8. The molecular formula is C23H45NO10Sm-2. The Balaban J connectivity index is 0. The third-order valence-corrected chi connectivity index (χ3v) is 5.52. The molecule has 210 valence electrons. The summed E-state index contributed by atoms with van der Waals surface area (Å²) < 4.78 is 10.5. The van der Waals surface area contributed by atoms with E-state index < -0.39 is 73.7 Å². The van der Waals surface area contributed by atoms with Crippen molar-refractivity contribution in [3.63, 3.8) is 0 Å². The molecule has 0 bridgehead atoms. The Labute approximate surface area is 241 Å². The molecular weight excluding hydrogens is 601 g/mol. The number of carbonyl (C=O) groups excluding carboxylic acids is 1. The molecule has 1 amide bonds. The van der Waals surface area contributed by atoms with Gasteiger partial charge < -0.3 is 63.9 Å². The first-order valence-corrected chi connectivity index (χ1v) is 11.7. The van der Waals surface area contributed by atoms with Crippen molar-refractivity contribution in [2.75, 3.05) is 13.2 Å². The van der Waals surface area contributed by atoms with E-state index in [1.807, 2.05) is 0 Å². The van der Waals surface area contributed by atoms with Crippen molar-refractivity contribution in [3.05, 3.63) is 13.3 Å². The van der Waals surface area contributed by atoms with E-state index in [2.05, 4.69) is 19.2 Å². The molecule has 8 N–H and O–H groups in total. The van der Waals surface area contributed by atoms with Crippen LogP contribution in [0.5, 0.6) is 0 Å². The van der Waals surface area contributed by atoms with Gasteiger partial charge in [-0.05, 0) is 0 Å². The third kappa shape index (κ3) is 13.7. The topological polar surface area (TPSA) is 189 Å². The quantitative estimate of drug-likeness (QED) is 0.0892. The van der Waals surface area contributed by atoms with Gasteiger partial charge in [-0.25, -0.2) is 0 Å². The van der Waals surface area contributed by atoms with Gasteiger partial charge in [0.25, 0.3) is 0 Å². The minimum Gasteiger partial charge on any atom is -0.394 e. The number of hydrogen-bond acceptors (Lipinski definition) is 10. The Morgan fingerprint density at radius 1 is 1.20 bits per heavy atom. The van der Waals surface area contributed by atoms with Gasteiger partial charge in [0.15, 0.2) is 12.4 Å². The predicted molar refractivity (Wildman–Crippen MR) is 124 cm³/mol. The SMILES string of the molecule is C[CH-]C(C)(C)NC(=O)C(O)C(O)C(OC1OC(CO)C(O)CC1O)C(O)CO.[CH2-]CCCCC.[Sm]. The summed E-state index contributed by atoms with van der Waals surface area (Å²) in [7, 11) is 0. The average molecular weight is 646 g/mol. The van der Waals surface area contributed by atoms with Crippen LogP contribution in [0.2, 0.25) is 0 Å². The van der Waals surface area contributed by atoms with Crippen molar-refractivity contribution < 1.29 is 90.4 Å². The Morgan fingerprint density at radius 2 is 1.80 bits per heavy atom. The molecule has 0 aromatic heterocycles. The number of carbonyl (C=O) groups is 1. The number of rotatable bonds is 13. The van der Waals surface area contributed by atoms with Crippen LogP contribution >= 0.6 is 0 Å². The van der Waals surface area contributed by atoms with Crippen molar-refractivity contribution in [1.82, 2.24) is 5.32 Å². The number of unbranched alkanes of at least 4 members (excludes halogenated alkanes) is 3. The van der Waals surface area contributed by atoms with Gasteiger partial charge >= 0.3 is 0 Å². The van der Waals surface area contributed by atoms with Gasteiger partial charge in [-0.2, -0.15) is 13.3 Å². The molecule has 0 aromatic carbocycles. The molecule has 1 aliphatic heterocycles. The number of aliphatic hydroxyl groups is 7. The first kappa shape index (κ1) is 37.6. The maximum Gasteiger partial charge on any atom is 0.249 e. The van der Waals surface area contributed by atoms with Crippen LogP contribution in [-0.4, -0.2) is 109 Å². The average Bonchev–Trinajstić information content (AvgIpc) is 2.80. The monoisotopic (exact) mass is 647 g/mol. The van der Waals surface area contributed by atoms with Gasteiger partial charge in [0.05, 0.1) is 19.3 Å². The largest absolute Gasteiger partial charge is 0.394 e. The molecule has 0 radical (unpaired) electrons. The van der Waals surface area contributed by atoms with Gasteiger partial charge in [0.1, 0.15) is 30.5 Å². The van der Waals surface area contributed by atoms with Gasteiger partial charge in [-0.3, -0.25) is 4.79 Å². The van der Waals surface area contributed by atoms with E-state index in [1.165, 1.54) is 19.3 Å². The van der Waals surface area contributed by atoms with Gasteiger partial charge in [0, 0.05) is 46.8 Å². The number of ether oxygens (including phenoxy) is 2. The van der Waals surface area contributed by atoms with Crippen LogP contribution < -0.4 is 5.32 Å². The fourth-order valence-electron chi connectivity index (χ4n) is 3.03. The normalized spacial score (nSPS) is 25.8. The van der Waals surface area contributed by atoms with Crippen LogP contribution in [0.25, 0.3) is 0 Å². The summed E-state index contributed by atoms with van der Waals surface area (Å²) >= 11 is 0. The first-order valence-electron chi connectivity index (χ1n) is 11.7. The van der Waals surface area contributed by atoms with E-state index in [-0.39, 0.29) is 46.8 Å². The smallest absolute Gasteiger partial charge is 0.249 e. The van der Waals surface area contributed by atoms with E-state index >= 15 is 0 Å². The molecule has 1 fully saturated rings. The number of aliphatic hydroxyl groups excluding tert-OH is 7. The second-order valence-corrected chi connectivity index (χ2v) is 8.94. The molecule has 1 aliphatic rings. The molecule has 0 saturated carbocycles. The van der Waals surface area contributed by atoms with Gasteiger partial charge in [-0.1, -0.05) is 45.6 Å². The van der Waals surface area contributed by atoms with Crippen molar-refractivity contribution in [2.24, 2.45) is 0 Å². The summed E-state index contributed by atoms with van der Waals surface area (Å²) in [6.45, 7) is 9.49. The Bertz CT molecular complexity index is 552. The Morgan fingerprint density at radius 3 is 2.23 bits per heavy atom. The fraction of sp³-hybridized carbons (Fsp3) is 0.870. The van der Waals surface area contributed by atoms with Crippen LogP contribution in [0.3, 0.4) is 0 Å². The van der Waals surface area contributed by atoms with Crippen LogP contribution in [0.15, 0.2) is 0 Å². The second-order valence-electron chi connectivity index (χ2n) is 8.94. The van der Waals surface area contributed by atoms with Crippen molar-refractivity contribution in [3.8, 4) is 0 Å². The summed E-state index contributed by atoms with van der Waals surface area (Å²) in [6.07, 6.45) is -6.02. The van der Waals surface area contributed by atoms with E-state index in [9.17, 15) is 40.5 Å². The summed E-state index contributed by atoms with van der Waals surface area (Å²) in [4.78, 5) is 12.2. The van der Waals surface area contributed by atoms with Crippen molar-refractivity contribution in [1.29, 1.82) is 0 Å². The molecule has 0 aromatic rings. The molecule has 8 atom stereocenters. The van der Waals surface area contributed by atoms with Crippen molar-refractivity contribution in [2.45, 2.75) is 114 Å². The predicted octanol–water partition coefficient (Wildman–Crippen LogP) is -1.20. The van der Waals surface area contributed by atoms with E-state index in [1.54, 1.807) is 27.2 Å². The van der Waals surface area contributed by atoms with Crippen LogP contribution in [0.1, 0.15) is 59.8 Å². The molecule has 35 heavy (non-hydrogen) atoms. The minimum absolute atomic E-state index is 0. The van der Waals surface area contributed by atoms with E-state index in [0.717, 1.165) is 6.42 Å². The third-order valence-electron chi connectivity index (χ3n) is 5.52. The minimum atomic E-state index is -2.02. The molecule has 11 nitrogen and oxygen atoms in total. The van der Waals surface area contributed by atoms with E-state index in [0.29, 0.717) is 0 Å².